The molecule has 0 saturated heterocycles. The van der Waals surface area contributed by atoms with Gasteiger partial charge < -0.3 is 0 Å². The van der Waals surface area contributed by atoms with Gasteiger partial charge >= 0.3 is 0 Å². The van der Waals surface area contributed by atoms with E-state index in [0.29, 0.717) is 18.6 Å². The maximum absolute atomic E-state index is 11.2. The highest BCUT2D eigenvalue weighted by Gasteiger charge is 2.00. The Kier molecular flexibility index (Phi) is 3.45. The number of rotatable bonds is 4. The first-order valence-corrected chi connectivity index (χ1v) is 4.23. The van der Waals surface area contributed by atoms with Gasteiger partial charge in [0.05, 0.1) is 0 Å². The molecule has 0 unspecified atom stereocenters. The second-order valence-corrected chi connectivity index (χ2v) is 2.82. The number of hydrogen-bond acceptors (Lipinski definition) is 2. The van der Waals surface area contributed by atoms with E-state index in [0.717, 1.165) is 12.0 Å². The number of Topliss-reactive ketones (excluding diaryl/α,β-unsaturated/α-hetero) is 1. The lowest BCUT2D eigenvalue weighted by Gasteiger charge is -1.97. The molecule has 0 aromatic carbocycles. The molecule has 0 radical (unpaired) electrons. The number of hydrogen-bond donors (Lipinski definition) is 0. The van der Waals surface area contributed by atoms with Gasteiger partial charge in [0.2, 0.25) is 0 Å². The molecule has 0 fully saturated rings. The van der Waals surface area contributed by atoms with Gasteiger partial charge in [-0.1, -0.05) is 6.92 Å². The summed E-state index contributed by atoms with van der Waals surface area (Å²) >= 11 is 0. The third-order valence-corrected chi connectivity index (χ3v) is 1.68. The van der Waals surface area contributed by atoms with Crippen LogP contribution in [0.15, 0.2) is 24.5 Å². The molecule has 12 heavy (non-hydrogen) atoms. The van der Waals surface area contributed by atoms with Gasteiger partial charge in [0.1, 0.15) is 5.78 Å². The summed E-state index contributed by atoms with van der Waals surface area (Å²) in [4.78, 5) is 15.1. The van der Waals surface area contributed by atoms with E-state index in [-0.39, 0.29) is 0 Å². The van der Waals surface area contributed by atoms with E-state index in [2.05, 4.69) is 4.98 Å². The molecule has 0 aliphatic rings. The van der Waals surface area contributed by atoms with E-state index in [1.807, 2.05) is 19.1 Å². The van der Waals surface area contributed by atoms with Crippen molar-refractivity contribution in [1.29, 1.82) is 0 Å². The average molecular weight is 163 g/mol. The topological polar surface area (TPSA) is 30.0 Å². The summed E-state index contributed by atoms with van der Waals surface area (Å²) in [6.07, 6.45) is 5.60. The Bertz CT molecular complexity index is 243. The van der Waals surface area contributed by atoms with E-state index in [1.54, 1.807) is 12.4 Å². The molecule has 0 amide bonds. The van der Waals surface area contributed by atoms with Crippen LogP contribution in [0.2, 0.25) is 0 Å². The van der Waals surface area contributed by atoms with Gasteiger partial charge in [0, 0.05) is 25.2 Å². The average Bonchev–Trinajstić information content (AvgIpc) is 2.06. The summed E-state index contributed by atoms with van der Waals surface area (Å²) in [6.45, 7) is 2.02. The zero-order valence-electron chi connectivity index (χ0n) is 7.29. The fraction of sp³-hybridized carbons (Fsp3) is 0.400. The molecule has 1 aromatic rings. The van der Waals surface area contributed by atoms with Crippen molar-refractivity contribution >= 4 is 5.78 Å². The van der Waals surface area contributed by atoms with Crippen LogP contribution in [-0.4, -0.2) is 10.8 Å². The van der Waals surface area contributed by atoms with Crippen LogP contribution in [0.25, 0.3) is 0 Å². The number of pyridine rings is 1. The summed E-state index contributed by atoms with van der Waals surface area (Å²) in [5, 5.41) is 0. The van der Waals surface area contributed by atoms with Crippen molar-refractivity contribution in [1.82, 2.24) is 4.98 Å². The smallest absolute Gasteiger partial charge is 0.137 e. The molecule has 0 aliphatic carbocycles. The molecule has 1 heterocycles. The molecule has 64 valence electrons. The second kappa shape index (κ2) is 4.65. The Hall–Kier alpha value is -1.18. The van der Waals surface area contributed by atoms with Crippen molar-refractivity contribution in [3.8, 4) is 0 Å². The van der Waals surface area contributed by atoms with Crippen LogP contribution in [0.1, 0.15) is 25.3 Å². The number of aromatic nitrogens is 1. The van der Waals surface area contributed by atoms with Gasteiger partial charge in [-0.3, -0.25) is 9.78 Å². The minimum atomic E-state index is 0.309. The zero-order chi connectivity index (χ0) is 8.81. The Labute approximate surface area is 72.6 Å². The first kappa shape index (κ1) is 8.91. The number of nitrogens with zero attached hydrogens (tertiary/aromatic N) is 1. The minimum absolute atomic E-state index is 0.309. The zero-order valence-corrected chi connectivity index (χ0v) is 7.29. The molecular weight excluding hydrogens is 150 g/mol. The number of ketones is 1. The fourth-order valence-electron chi connectivity index (χ4n) is 1.10. The van der Waals surface area contributed by atoms with Crippen LogP contribution in [-0.2, 0) is 11.2 Å². The van der Waals surface area contributed by atoms with Gasteiger partial charge in [-0.15, -0.1) is 0 Å². The summed E-state index contributed by atoms with van der Waals surface area (Å²) < 4.78 is 0. The lowest BCUT2D eigenvalue weighted by Crippen LogP contribution is -2.01. The van der Waals surface area contributed by atoms with Crippen LogP contribution in [0.5, 0.6) is 0 Å². The number of carbonyl (C=O) groups excluding carboxylic acids is 1. The number of carbonyl (C=O) groups is 1. The summed E-state index contributed by atoms with van der Waals surface area (Å²) in [5.74, 6) is 0.309. The molecule has 2 heteroatoms. The summed E-state index contributed by atoms with van der Waals surface area (Å²) in [6, 6.07) is 3.76. The largest absolute Gasteiger partial charge is 0.299 e. The third kappa shape index (κ3) is 2.82. The molecule has 0 saturated carbocycles. The summed E-state index contributed by atoms with van der Waals surface area (Å²) in [7, 11) is 0. The quantitative estimate of drug-likeness (QED) is 0.679. The highest BCUT2D eigenvalue weighted by Crippen LogP contribution is 2.01. The van der Waals surface area contributed by atoms with Gasteiger partial charge in [-0.25, -0.2) is 0 Å². The Morgan fingerprint density at radius 1 is 1.42 bits per heavy atom. The van der Waals surface area contributed by atoms with Crippen molar-refractivity contribution in [2.75, 3.05) is 0 Å². The van der Waals surface area contributed by atoms with Crippen molar-refractivity contribution < 1.29 is 4.79 Å². The molecule has 1 rings (SSSR count). The van der Waals surface area contributed by atoms with Crippen LogP contribution in [0, 0.1) is 0 Å². The molecule has 0 bridgehead atoms. The predicted octanol–water partition coefficient (Wildman–Crippen LogP) is 1.99. The van der Waals surface area contributed by atoms with Gasteiger partial charge in [0.25, 0.3) is 0 Å². The Morgan fingerprint density at radius 3 is 2.67 bits per heavy atom. The van der Waals surface area contributed by atoms with Crippen LogP contribution < -0.4 is 0 Å². The van der Waals surface area contributed by atoms with Crippen LogP contribution >= 0.6 is 0 Å². The minimum Gasteiger partial charge on any atom is -0.299 e. The van der Waals surface area contributed by atoms with Crippen molar-refractivity contribution in [2.24, 2.45) is 0 Å². The first-order chi connectivity index (χ1) is 5.83. The normalized spacial score (nSPS) is 9.75. The first-order valence-electron chi connectivity index (χ1n) is 4.23. The van der Waals surface area contributed by atoms with E-state index < -0.39 is 0 Å². The predicted molar refractivity (Wildman–Crippen MR) is 47.9 cm³/mol. The highest BCUT2D eigenvalue weighted by atomic mass is 16.1. The lowest BCUT2D eigenvalue weighted by atomic mass is 10.1. The molecule has 1 aromatic heterocycles. The van der Waals surface area contributed by atoms with Gasteiger partial charge in [-0.05, 0) is 24.1 Å². The van der Waals surface area contributed by atoms with E-state index >= 15 is 0 Å². The monoisotopic (exact) mass is 163 g/mol. The molecule has 0 aliphatic heterocycles. The third-order valence-electron chi connectivity index (χ3n) is 1.68. The van der Waals surface area contributed by atoms with E-state index in [9.17, 15) is 4.79 Å². The Balaban J connectivity index is 2.47. The fourth-order valence-corrected chi connectivity index (χ4v) is 1.10. The van der Waals surface area contributed by atoms with Crippen LogP contribution in [0.3, 0.4) is 0 Å². The maximum atomic E-state index is 11.2. The molecule has 0 N–H and O–H groups in total. The second-order valence-electron chi connectivity index (χ2n) is 2.82. The van der Waals surface area contributed by atoms with Crippen molar-refractivity contribution in [2.45, 2.75) is 26.2 Å². The van der Waals surface area contributed by atoms with Gasteiger partial charge in [0.15, 0.2) is 0 Å². The standard InChI is InChI=1S/C10H13NO/c1-2-3-10(12)8-9-4-6-11-7-5-9/h4-7H,2-3,8H2,1H3. The van der Waals surface area contributed by atoms with Crippen LogP contribution in [0.4, 0.5) is 0 Å². The van der Waals surface area contributed by atoms with E-state index in [1.165, 1.54) is 0 Å². The molecule has 2 nitrogen and oxygen atoms in total. The lowest BCUT2D eigenvalue weighted by molar-refractivity contribution is -0.118. The van der Waals surface area contributed by atoms with Gasteiger partial charge in [-0.2, -0.15) is 0 Å². The molecule has 0 spiro atoms. The SMILES string of the molecule is CCCC(=O)Cc1ccncc1. The summed E-state index contributed by atoms with van der Waals surface area (Å²) in [5.41, 5.74) is 1.06. The highest BCUT2D eigenvalue weighted by molar-refractivity contribution is 5.80. The molecule has 0 atom stereocenters. The van der Waals surface area contributed by atoms with E-state index in [4.69, 9.17) is 0 Å². The van der Waals surface area contributed by atoms with Crippen molar-refractivity contribution in [3.63, 3.8) is 0 Å². The maximum Gasteiger partial charge on any atom is 0.137 e. The Morgan fingerprint density at radius 2 is 2.08 bits per heavy atom. The molecular formula is C10H13NO. The van der Waals surface area contributed by atoms with Crippen molar-refractivity contribution in [3.05, 3.63) is 30.1 Å².